The van der Waals surface area contributed by atoms with Crippen LogP contribution in [0.2, 0.25) is 0 Å². The lowest BCUT2D eigenvalue weighted by atomic mass is 9.78. The van der Waals surface area contributed by atoms with Gasteiger partial charge < -0.3 is 14.8 Å². The van der Waals surface area contributed by atoms with Crippen molar-refractivity contribution in [3.8, 4) is 0 Å². The standard InChI is InChI=1S/C30H42FNO3/c1-27(2,3)20-10-14-22(15-11-20)30(31,23-16-12-21(13-17-23)28(4,5)6)25-18-24(19-32-25)34-26(33)35-29(7,8)9/h10-17,24-25,32H,18-19H2,1-9H3/t24-,25?/m1/s1. The van der Waals surface area contributed by atoms with Gasteiger partial charge in [-0.25, -0.2) is 9.18 Å². The third-order valence-corrected chi connectivity index (χ3v) is 6.57. The second-order valence-corrected chi connectivity index (χ2v) is 12.8. The number of benzene rings is 2. The molecule has 2 atom stereocenters. The first-order valence-corrected chi connectivity index (χ1v) is 12.5. The summed E-state index contributed by atoms with van der Waals surface area (Å²) in [7, 11) is 0. The lowest BCUT2D eigenvalue weighted by Crippen LogP contribution is -2.43. The Morgan fingerprint density at radius 1 is 0.771 bits per heavy atom. The topological polar surface area (TPSA) is 47.6 Å². The van der Waals surface area contributed by atoms with Crippen LogP contribution in [0.25, 0.3) is 0 Å². The monoisotopic (exact) mass is 483 g/mol. The smallest absolute Gasteiger partial charge is 0.430 e. The molecule has 1 aliphatic heterocycles. The molecule has 0 aliphatic carbocycles. The van der Waals surface area contributed by atoms with Crippen molar-refractivity contribution in [3.05, 3.63) is 70.8 Å². The van der Waals surface area contributed by atoms with E-state index in [4.69, 9.17) is 9.47 Å². The minimum Gasteiger partial charge on any atom is -0.430 e. The van der Waals surface area contributed by atoms with Gasteiger partial charge in [0.05, 0.1) is 6.04 Å². The first-order valence-electron chi connectivity index (χ1n) is 12.5. The van der Waals surface area contributed by atoms with E-state index in [0.29, 0.717) is 24.1 Å². The molecule has 0 bridgehead atoms. The molecule has 35 heavy (non-hydrogen) atoms. The lowest BCUT2D eigenvalue weighted by Gasteiger charge is -2.34. The van der Waals surface area contributed by atoms with E-state index in [1.807, 2.05) is 48.5 Å². The minimum atomic E-state index is -1.79. The summed E-state index contributed by atoms with van der Waals surface area (Å²) in [6.07, 6.45) is -0.844. The Kier molecular flexibility index (Phi) is 7.44. The molecule has 1 unspecified atom stereocenters. The Hall–Kier alpha value is -2.40. The zero-order valence-electron chi connectivity index (χ0n) is 22.8. The highest BCUT2D eigenvalue weighted by molar-refractivity contribution is 5.60. The second-order valence-electron chi connectivity index (χ2n) is 12.8. The van der Waals surface area contributed by atoms with Crippen molar-refractivity contribution in [3.63, 3.8) is 0 Å². The molecule has 1 heterocycles. The Morgan fingerprint density at radius 2 is 1.17 bits per heavy atom. The molecule has 3 rings (SSSR count). The van der Waals surface area contributed by atoms with Crippen LogP contribution < -0.4 is 5.32 Å². The summed E-state index contributed by atoms with van der Waals surface area (Å²) >= 11 is 0. The minimum absolute atomic E-state index is 0.0240. The first-order chi connectivity index (χ1) is 16.0. The number of nitrogens with one attached hydrogen (secondary N) is 1. The van der Waals surface area contributed by atoms with Gasteiger partial charge in [-0.05, 0) is 53.9 Å². The highest BCUT2D eigenvalue weighted by Gasteiger charge is 2.47. The van der Waals surface area contributed by atoms with Gasteiger partial charge in [0.1, 0.15) is 11.7 Å². The summed E-state index contributed by atoms with van der Waals surface area (Å²) in [5.41, 5.74) is 0.992. The van der Waals surface area contributed by atoms with Crippen LogP contribution in [0.15, 0.2) is 48.5 Å². The highest BCUT2D eigenvalue weighted by atomic mass is 19.1. The summed E-state index contributed by atoms with van der Waals surface area (Å²) in [6, 6.07) is 15.0. The summed E-state index contributed by atoms with van der Waals surface area (Å²) in [4.78, 5) is 12.2. The Morgan fingerprint density at radius 3 is 1.54 bits per heavy atom. The first kappa shape index (κ1) is 27.2. The zero-order valence-corrected chi connectivity index (χ0v) is 22.8. The van der Waals surface area contributed by atoms with Crippen LogP contribution in [-0.4, -0.2) is 30.4 Å². The molecule has 4 nitrogen and oxygen atoms in total. The van der Waals surface area contributed by atoms with E-state index in [2.05, 4.69) is 46.9 Å². The zero-order chi connectivity index (χ0) is 26.2. The highest BCUT2D eigenvalue weighted by Crippen LogP contribution is 2.42. The number of hydrogen-bond donors (Lipinski definition) is 1. The van der Waals surface area contributed by atoms with Gasteiger partial charge in [-0.1, -0.05) is 90.1 Å². The molecule has 1 aliphatic rings. The number of carbonyl (C=O) groups is 1. The summed E-state index contributed by atoms with van der Waals surface area (Å²) in [5.74, 6) is 0. The van der Waals surface area contributed by atoms with Gasteiger partial charge in [0, 0.05) is 13.0 Å². The molecule has 192 valence electrons. The van der Waals surface area contributed by atoms with Crippen molar-refractivity contribution in [2.24, 2.45) is 0 Å². The molecule has 2 aromatic rings. The Bertz CT molecular complexity index is 951. The van der Waals surface area contributed by atoms with Gasteiger partial charge in [-0.3, -0.25) is 0 Å². The average Bonchev–Trinajstić information content (AvgIpc) is 3.19. The molecule has 0 saturated carbocycles. The normalized spacial score (nSPS) is 19.5. The van der Waals surface area contributed by atoms with Crippen LogP contribution >= 0.6 is 0 Å². The predicted molar refractivity (Wildman–Crippen MR) is 140 cm³/mol. The molecule has 0 spiro atoms. The summed E-state index contributed by atoms with van der Waals surface area (Å²) in [6.45, 7) is 18.6. The van der Waals surface area contributed by atoms with E-state index < -0.39 is 29.6 Å². The predicted octanol–water partition coefficient (Wildman–Crippen LogP) is 7.18. The van der Waals surface area contributed by atoms with Crippen LogP contribution in [-0.2, 0) is 26.0 Å². The fourth-order valence-corrected chi connectivity index (χ4v) is 4.50. The maximum absolute atomic E-state index is 17.4. The maximum Gasteiger partial charge on any atom is 0.509 e. The van der Waals surface area contributed by atoms with E-state index in [0.717, 1.165) is 11.1 Å². The molecule has 0 amide bonds. The largest absolute Gasteiger partial charge is 0.509 e. The molecule has 1 saturated heterocycles. The van der Waals surface area contributed by atoms with Gasteiger partial charge in [-0.2, -0.15) is 0 Å². The lowest BCUT2D eigenvalue weighted by molar-refractivity contribution is -0.0242. The van der Waals surface area contributed by atoms with Crippen LogP contribution in [0.1, 0.15) is 91.0 Å². The number of rotatable bonds is 4. The molecule has 0 aromatic heterocycles. The van der Waals surface area contributed by atoms with Crippen molar-refractivity contribution in [1.82, 2.24) is 5.32 Å². The maximum atomic E-state index is 17.4. The van der Waals surface area contributed by atoms with Crippen molar-refractivity contribution >= 4 is 6.16 Å². The number of halogens is 1. The van der Waals surface area contributed by atoms with Crippen molar-refractivity contribution < 1.29 is 18.7 Å². The Balaban J connectivity index is 1.94. The SMILES string of the molecule is CC(C)(C)OC(=O)O[C@H]1CNC(C(F)(c2ccc(C(C)(C)C)cc2)c2ccc(C(C)(C)C)cc2)C1. The average molecular weight is 484 g/mol. The number of alkyl halides is 1. The number of hydrogen-bond acceptors (Lipinski definition) is 4. The van der Waals surface area contributed by atoms with E-state index in [9.17, 15) is 4.79 Å². The number of ether oxygens (including phenoxy) is 2. The number of carbonyl (C=O) groups excluding carboxylic acids is 1. The van der Waals surface area contributed by atoms with Crippen molar-refractivity contribution in [2.45, 2.75) is 103 Å². The molecule has 2 aromatic carbocycles. The quantitative estimate of drug-likeness (QED) is 0.468. The third-order valence-electron chi connectivity index (χ3n) is 6.57. The van der Waals surface area contributed by atoms with Gasteiger partial charge in [0.15, 0.2) is 5.67 Å². The van der Waals surface area contributed by atoms with Gasteiger partial charge in [-0.15, -0.1) is 0 Å². The van der Waals surface area contributed by atoms with Crippen molar-refractivity contribution in [1.29, 1.82) is 0 Å². The summed E-state index contributed by atoms with van der Waals surface area (Å²) in [5, 5.41) is 3.29. The fourth-order valence-electron chi connectivity index (χ4n) is 4.50. The van der Waals surface area contributed by atoms with Crippen molar-refractivity contribution in [2.75, 3.05) is 6.54 Å². The van der Waals surface area contributed by atoms with Gasteiger partial charge in [0.25, 0.3) is 0 Å². The summed E-state index contributed by atoms with van der Waals surface area (Å²) < 4.78 is 28.2. The second kappa shape index (κ2) is 9.57. The molecule has 0 radical (unpaired) electrons. The molecule has 1 fully saturated rings. The Labute approximate surface area is 210 Å². The molecule has 1 N–H and O–H groups in total. The van der Waals surface area contributed by atoms with E-state index in [-0.39, 0.29) is 10.8 Å². The third kappa shape index (κ3) is 6.43. The van der Waals surface area contributed by atoms with Gasteiger partial charge in [0.2, 0.25) is 0 Å². The van der Waals surface area contributed by atoms with E-state index >= 15 is 4.39 Å². The van der Waals surface area contributed by atoms with Gasteiger partial charge >= 0.3 is 6.16 Å². The van der Waals surface area contributed by atoms with E-state index in [1.165, 1.54) is 0 Å². The van der Waals surface area contributed by atoms with E-state index in [1.54, 1.807) is 20.8 Å². The molecule has 5 heteroatoms. The van der Waals surface area contributed by atoms with Crippen LogP contribution in [0, 0.1) is 0 Å². The fraction of sp³-hybridized carbons (Fsp3) is 0.567. The van der Waals surface area contributed by atoms with Crippen LogP contribution in [0.3, 0.4) is 0 Å². The molecular formula is C30H42FNO3. The molecular weight excluding hydrogens is 441 g/mol. The van der Waals surface area contributed by atoms with Crippen LogP contribution in [0.4, 0.5) is 9.18 Å². The van der Waals surface area contributed by atoms with Crippen LogP contribution in [0.5, 0.6) is 0 Å².